The molecule has 0 aromatic carbocycles. The lowest BCUT2D eigenvalue weighted by Crippen LogP contribution is -2.41. The molecule has 0 saturated heterocycles. The van der Waals surface area contributed by atoms with E-state index in [9.17, 15) is 4.79 Å². The SMILES string of the molecule is CCCCCCN(CCO)C(=O)C(C)CNCC. The molecule has 0 aromatic heterocycles. The highest BCUT2D eigenvalue weighted by Crippen LogP contribution is 2.06. The van der Waals surface area contributed by atoms with E-state index < -0.39 is 0 Å². The van der Waals surface area contributed by atoms with Crippen molar-refractivity contribution in [1.82, 2.24) is 10.2 Å². The van der Waals surface area contributed by atoms with Crippen LogP contribution in [0.2, 0.25) is 0 Å². The number of hydrogen-bond acceptors (Lipinski definition) is 3. The van der Waals surface area contributed by atoms with Gasteiger partial charge in [0.1, 0.15) is 0 Å². The number of nitrogens with one attached hydrogen (secondary N) is 1. The molecule has 1 atom stereocenters. The van der Waals surface area contributed by atoms with Gasteiger partial charge >= 0.3 is 0 Å². The summed E-state index contributed by atoms with van der Waals surface area (Å²) < 4.78 is 0. The minimum atomic E-state index is -0.0114. The fraction of sp³-hybridized carbons (Fsp3) is 0.929. The molecule has 0 aliphatic heterocycles. The molecule has 0 fully saturated rings. The summed E-state index contributed by atoms with van der Waals surface area (Å²) >= 11 is 0. The van der Waals surface area contributed by atoms with E-state index in [1.165, 1.54) is 12.8 Å². The van der Waals surface area contributed by atoms with Crippen molar-refractivity contribution < 1.29 is 9.90 Å². The Morgan fingerprint density at radius 3 is 2.50 bits per heavy atom. The summed E-state index contributed by atoms with van der Waals surface area (Å²) in [5.74, 6) is 0.143. The maximum absolute atomic E-state index is 12.2. The van der Waals surface area contributed by atoms with Crippen LogP contribution in [-0.4, -0.2) is 48.7 Å². The largest absolute Gasteiger partial charge is 0.395 e. The fourth-order valence-corrected chi connectivity index (χ4v) is 1.94. The first-order chi connectivity index (χ1) is 8.67. The molecule has 108 valence electrons. The van der Waals surface area contributed by atoms with E-state index in [1.807, 2.05) is 13.8 Å². The lowest BCUT2D eigenvalue weighted by atomic mass is 10.1. The van der Waals surface area contributed by atoms with Gasteiger partial charge in [-0.3, -0.25) is 4.79 Å². The Morgan fingerprint density at radius 1 is 1.22 bits per heavy atom. The molecule has 0 radical (unpaired) electrons. The maximum atomic E-state index is 12.2. The number of aliphatic hydroxyl groups excluding tert-OH is 1. The minimum absolute atomic E-state index is 0.0114. The third-order valence-corrected chi connectivity index (χ3v) is 3.09. The van der Waals surface area contributed by atoms with Crippen molar-refractivity contribution in [1.29, 1.82) is 0 Å². The highest BCUT2D eigenvalue weighted by molar-refractivity contribution is 5.78. The van der Waals surface area contributed by atoms with Gasteiger partial charge in [0, 0.05) is 25.6 Å². The molecule has 4 nitrogen and oxygen atoms in total. The summed E-state index contributed by atoms with van der Waals surface area (Å²) in [7, 11) is 0. The zero-order valence-electron chi connectivity index (χ0n) is 12.2. The Labute approximate surface area is 112 Å². The van der Waals surface area contributed by atoms with E-state index in [0.717, 1.165) is 25.9 Å². The first-order valence-electron chi connectivity index (χ1n) is 7.27. The molecule has 0 spiro atoms. The van der Waals surface area contributed by atoms with Crippen LogP contribution in [0.4, 0.5) is 0 Å². The Bertz CT molecular complexity index is 210. The lowest BCUT2D eigenvalue weighted by Gasteiger charge is -2.25. The Morgan fingerprint density at radius 2 is 1.94 bits per heavy atom. The molecule has 1 unspecified atom stereocenters. The van der Waals surface area contributed by atoms with E-state index in [1.54, 1.807) is 4.90 Å². The quantitative estimate of drug-likeness (QED) is 0.554. The number of unbranched alkanes of at least 4 members (excludes halogenated alkanes) is 3. The summed E-state index contributed by atoms with van der Waals surface area (Å²) in [4.78, 5) is 14.0. The lowest BCUT2D eigenvalue weighted by molar-refractivity contribution is -0.135. The third-order valence-electron chi connectivity index (χ3n) is 3.09. The molecular formula is C14H30N2O2. The summed E-state index contributed by atoms with van der Waals surface area (Å²) in [6.45, 7) is 9.04. The van der Waals surface area contributed by atoms with Crippen molar-refractivity contribution >= 4 is 5.91 Å². The van der Waals surface area contributed by atoms with Gasteiger partial charge in [-0.25, -0.2) is 0 Å². The van der Waals surface area contributed by atoms with E-state index in [2.05, 4.69) is 12.2 Å². The first kappa shape index (κ1) is 17.4. The molecule has 0 bridgehead atoms. The van der Waals surface area contributed by atoms with Gasteiger partial charge in [-0.05, 0) is 13.0 Å². The van der Waals surface area contributed by atoms with Crippen LogP contribution >= 0.6 is 0 Å². The van der Waals surface area contributed by atoms with Crippen LogP contribution in [0.15, 0.2) is 0 Å². The van der Waals surface area contributed by atoms with Gasteiger partial charge in [0.05, 0.1) is 6.61 Å². The first-order valence-corrected chi connectivity index (χ1v) is 7.27. The van der Waals surface area contributed by atoms with Crippen molar-refractivity contribution in [2.24, 2.45) is 5.92 Å². The van der Waals surface area contributed by atoms with E-state index in [0.29, 0.717) is 13.1 Å². The van der Waals surface area contributed by atoms with Crippen LogP contribution in [0.1, 0.15) is 46.5 Å². The standard InChI is InChI=1S/C14H30N2O2/c1-4-6-7-8-9-16(10-11-17)14(18)13(3)12-15-5-2/h13,15,17H,4-12H2,1-3H3. The molecule has 1 amide bonds. The van der Waals surface area contributed by atoms with Crippen LogP contribution in [-0.2, 0) is 4.79 Å². The molecule has 0 saturated carbocycles. The summed E-state index contributed by atoms with van der Waals surface area (Å²) in [6.07, 6.45) is 4.61. The van der Waals surface area contributed by atoms with Crippen molar-refractivity contribution in [3.8, 4) is 0 Å². The van der Waals surface area contributed by atoms with Crippen LogP contribution < -0.4 is 5.32 Å². The highest BCUT2D eigenvalue weighted by Gasteiger charge is 2.19. The molecular weight excluding hydrogens is 228 g/mol. The van der Waals surface area contributed by atoms with Crippen LogP contribution in [0.5, 0.6) is 0 Å². The van der Waals surface area contributed by atoms with Crippen LogP contribution in [0.25, 0.3) is 0 Å². The molecule has 0 rings (SSSR count). The number of rotatable bonds is 11. The predicted molar refractivity (Wildman–Crippen MR) is 75.5 cm³/mol. The van der Waals surface area contributed by atoms with E-state index in [-0.39, 0.29) is 18.4 Å². The van der Waals surface area contributed by atoms with Crippen molar-refractivity contribution in [3.05, 3.63) is 0 Å². The summed E-state index contributed by atoms with van der Waals surface area (Å²) in [5.41, 5.74) is 0. The average molecular weight is 258 g/mol. The van der Waals surface area contributed by atoms with Crippen molar-refractivity contribution in [2.45, 2.75) is 46.5 Å². The second-order valence-corrected chi connectivity index (χ2v) is 4.82. The number of amides is 1. The molecule has 2 N–H and O–H groups in total. The van der Waals surface area contributed by atoms with E-state index >= 15 is 0 Å². The summed E-state index contributed by atoms with van der Waals surface area (Å²) in [5, 5.41) is 12.2. The number of hydrogen-bond donors (Lipinski definition) is 2. The fourth-order valence-electron chi connectivity index (χ4n) is 1.94. The molecule has 0 aliphatic rings. The van der Waals surface area contributed by atoms with Gasteiger partial charge < -0.3 is 15.3 Å². The average Bonchev–Trinajstić information content (AvgIpc) is 2.38. The maximum Gasteiger partial charge on any atom is 0.226 e. The smallest absolute Gasteiger partial charge is 0.226 e. The van der Waals surface area contributed by atoms with Crippen LogP contribution in [0, 0.1) is 5.92 Å². The number of carbonyl (C=O) groups excluding carboxylic acids is 1. The third kappa shape index (κ3) is 7.67. The number of carbonyl (C=O) groups is 1. The van der Waals surface area contributed by atoms with Crippen molar-refractivity contribution in [3.63, 3.8) is 0 Å². The Hall–Kier alpha value is -0.610. The molecule has 0 aromatic rings. The van der Waals surface area contributed by atoms with Gasteiger partial charge in [0.2, 0.25) is 5.91 Å². The van der Waals surface area contributed by atoms with E-state index in [4.69, 9.17) is 5.11 Å². The van der Waals surface area contributed by atoms with Gasteiger partial charge in [-0.15, -0.1) is 0 Å². The zero-order valence-corrected chi connectivity index (χ0v) is 12.2. The zero-order chi connectivity index (χ0) is 13.8. The Kier molecular flexibility index (Phi) is 11.1. The van der Waals surface area contributed by atoms with Gasteiger partial charge in [-0.2, -0.15) is 0 Å². The van der Waals surface area contributed by atoms with Gasteiger partial charge in [0.15, 0.2) is 0 Å². The minimum Gasteiger partial charge on any atom is -0.395 e. The second-order valence-electron chi connectivity index (χ2n) is 4.82. The predicted octanol–water partition coefficient (Wildman–Crippen LogP) is 1.63. The normalized spacial score (nSPS) is 12.4. The topological polar surface area (TPSA) is 52.6 Å². The Balaban J connectivity index is 4.08. The summed E-state index contributed by atoms with van der Waals surface area (Å²) in [6, 6.07) is 0. The number of nitrogens with zero attached hydrogens (tertiary/aromatic N) is 1. The monoisotopic (exact) mass is 258 g/mol. The molecule has 0 heterocycles. The molecule has 4 heteroatoms. The van der Waals surface area contributed by atoms with Gasteiger partial charge in [0.25, 0.3) is 0 Å². The number of aliphatic hydroxyl groups is 1. The molecule has 0 aliphatic carbocycles. The van der Waals surface area contributed by atoms with Crippen molar-refractivity contribution in [2.75, 3.05) is 32.8 Å². The van der Waals surface area contributed by atoms with Gasteiger partial charge in [-0.1, -0.05) is 40.0 Å². The second kappa shape index (κ2) is 11.5. The van der Waals surface area contributed by atoms with Crippen LogP contribution in [0.3, 0.4) is 0 Å². The highest BCUT2D eigenvalue weighted by atomic mass is 16.3. The molecule has 18 heavy (non-hydrogen) atoms.